The largest absolute Gasteiger partial charge is 0.465 e. The van der Waals surface area contributed by atoms with Gasteiger partial charge in [-0.1, -0.05) is 24.3 Å². The van der Waals surface area contributed by atoms with E-state index in [4.69, 9.17) is 9.40 Å². The Bertz CT molecular complexity index is 990. The third-order valence-corrected chi connectivity index (χ3v) is 4.67. The van der Waals surface area contributed by atoms with Crippen molar-refractivity contribution in [2.75, 3.05) is 6.54 Å². The quantitative estimate of drug-likeness (QED) is 0.466. The van der Waals surface area contributed by atoms with Crippen LogP contribution in [0.15, 0.2) is 71.7 Å². The zero-order valence-electron chi connectivity index (χ0n) is 15.6. The lowest BCUT2D eigenvalue weighted by atomic mass is 10.2. The van der Waals surface area contributed by atoms with E-state index < -0.39 is 0 Å². The molecule has 0 fully saturated rings. The first-order valence-corrected chi connectivity index (χ1v) is 9.34. The Kier molecular flexibility index (Phi) is 5.30. The number of imidazole rings is 1. The molecule has 0 radical (unpaired) electrons. The number of benzene rings is 1. The fourth-order valence-corrected chi connectivity index (χ4v) is 3.33. The minimum absolute atomic E-state index is 0.784. The van der Waals surface area contributed by atoms with Crippen LogP contribution in [-0.2, 0) is 19.6 Å². The van der Waals surface area contributed by atoms with Crippen LogP contribution >= 0.6 is 0 Å². The Balaban J connectivity index is 1.46. The molecule has 27 heavy (non-hydrogen) atoms. The molecule has 0 aliphatic rings. The molecule has 1 aromatic carbocycles. The van der Waals surface area contributed by atoms with Gasteiger partial charge in [0.05, 0.1) is 24.1 Å². The van der Waals surface area contributed by atoms with E-state index in [1.807, 2.05) is 43.8 Å². The normalized spacial score (nSPS) is 11.5. The first kappa shape index (κ1) is 17.5. The van der Waals surface area contributed by atoms with Crippen LogP contribution in [0.5, 0.6) is 0 Å². The van der Waals surface area contributed by atoms with Crippen molar-refractivity contribution < 1.29 is 4.42 Å². The Morgan fingerprint density at radius 1 is 1.04 bits per heavy atom. The van der Waals surface area contributed by atoms with Gasteiger partial charge in [-0.3, -0.25) is 9.88 Å². The van der Waals surface area contributed by atoms with Crippen LogP contribution in [0.25, 0.3) is 10.9 Å². The summed E-state index contributed by atoms with van der Waals surface area (Å²) in [6.45, 7) is 5.49. The summed E-state index contributed by atoms with van der Waals surface area (Å²) in [7, 11) is 0. The second-order valence-electron chi connectivity index (χ2n) is 6.87. The number of fused-ring (bicyclic) bond motifs is 1. The molecule has 0 bridgehead atoms. The summed E-state index contributed by atoms with van der Waals surface area (Å²) in [4.78, 5) is 11.3. The van der Waals surface area contributed by atoms with E-state index in [1.165, 1.54) is 5.39 Å². The maximum atomic E-state index is 5.80. The number of aryl methyl sites for hydroxylation is 2. The molecule has 5 heteroatoms. The summed E-state index contributed by atoms with van der Waals surface area (Å²) in [5.41, 5.74) is 2.13. The lowest BCUT2D eigenvalue weighted by Gasteiger charge is -2.21. The van der Waals surface area contributed by atoms with E-state index in [0.717, 1.165) is 55.3 Å². The van der Waals surface area contributed by atoms with E-state index in [9.17, 15) is 0 Å². The van der Waals surface area contributed by atoms with Crippen LogP contribution in [0, 0.1) is 6.92 Å². The van der Waals surface area contributed by atoms with E-state index in [2.05, 4.69) is 44.8 Å². The molecule has 3 heterocycles. The molecule has 0 aliphatic carbocycles. The molecule has 0 aliphatic heterocycles. The fourth-order valence-electron chi connectivity index (χ4n) is 3.33. The monoisotopic (exact) mass is 360 g/mol. The molecule has 0 spiro atoms. The first-order valence-electron chi connectivity index (χ1n) is 9.34. The maximum absolute atomic E-state index is 5.80. The highest BCUT2D eigenvalue weighted by Gasteiger charge is 2.11. The maximum Gasteiger partial charge on any atom is 0.118 e. The number of hydrogen-bond donors (Lipinski definition) is 0. The van der Waals surface area contributed by atoms with Crippen molar-refractivity contribution in [3.05, 3.63) is 84.5 Å². The molecule has 0 N–H and O–H groups in total. The summed E-state index contributed by atoms with van der Waals surface area (Å²) >= 11 is 0. The van der Waals surface area contributed by atoms with Gasteiger partial charge in [0.25, 0.3) is 0 Å². The molecule has 0 atom stereocenters. The van der Waals surface area contributed by atoms with E-state index in [-0.39, 0.29) is 0 Å². The van der Waals surface area contributed by atoms with Crippen LogP contribution in [0.4, 0.5) is 0 Å². The molecule has 0 saturated heterocycles. The van der Waals surface area contributed by atoms with Crippen molar-refractivity contribution in [1.29, 1.82) is 0 Å². The Labute approximate surface area is 159 Å². The highest BCUT2D eigenvalue weighted by Crippen LogP contribution is 2.16. The number of para-hydroxylation sites is 1. The highest BCUT2D eigenvalue weighted by molar-refractivity contribution is 5.78. The molecule has 0 amide bonds. The predicted molar refractivity (Wildman–Crippen MR) is 106 cm³/mol. The van der Waals surface area contributed by atoms with Gasteiger partial charge in [-0.15, -0.1) is 0 Å². The molecule has 4 aromatic rings. The van der Waals surface area contributed by atoms with Crippen molar-refractivity contribution in [2.45, 2.75) is 33.0 Å². The average molecular weight is 360 g/mol. The molecular weight excluding hydrogens is 336 g/mol. The summed E-state index contributed by atoms with van der Waals surface area (Å²) in [5.74, 6) is 1.95. The van der Waals surface area contributed by atoms with Gasteiger partial charge in [0, 0.05) is 37.4 Å². The second-order valence-corrected chi connectivity index (χ2v) is 6.87. The second kappa shape index (κ2) is 8.18. The topological polar surface area (TPSA) is 47.1 Å². The number of aromatic nitrogens is 3. The predicted octanol–water partition coefficient (Wildman–Crippen LogP) is 4.43. The standard InChI is InChI=1S/C22H24N4O/c1-18-7-10-21(27-18)16-26(13-4-12-25-14-11-23-17-25)15-20-9-8-19-5-2-3-6-22(19)24-20/h2-3,5-11,14,17H,4,12-13,15-16H2,1H3. The number of furan rings is 1. The SMILES string of the molecule is Cc1ccc(CN(CCCn2ccnc2)Cc2ccc3ccccc3n2)o1. The number of nitrogens with zero attached hydrogens (tertiary/aromatic N) is 4. The number of pyridine rings is 1. The number of rotatable bonds is 8. The van der Waals surface area contributed by atoms with Crippen molar-refractivity contribution in [3.63, 3.8) is 0 Å². The molecule has 0 saturated carbocycles. The van der Waals surface area contributed by atoms with Gasteiger partial charge < -0.3 is 8.98 Å². The molecule has 3 aromatic heterocycles. The van der Waals surface area contributed by atoms with Crippen molar-refractivity contribution in [2.24, 2.45) is 0 Å². The lowest BCUT2D eigenvalue weighted by Crippen LogP contribution is -2.25. The minimum atomic E-state index is 0.784. The third kappa shape index (κ3) is 4.63. The van der Waals surface area contributed by atoms with Crippen LogP contribution in [0.3, 0.4) is 0 Å². The summed E-state index contributed by atoms with van der Waals surface area (Å²) in [6, 6.07) is 16.6. The Morgan fingerprint density at radius 2 is 1.96 bits per heavy atom. The summed E-state index contributed by atoms with van der Waals surface area (Å²) in [5, 5.41) is 1.18. The lowest BCUT2D eigenvalue weighted by molar-refractivity contribution is 0.225. The molecule has 138 valence electrons. The van der Waals surface area contributed by atoms with Gasteiger partial charge in [-0.05, 0) is 37.6 Å². The zero-order valence-corrected chi connectivity index (χ0v) is 15.6. The van der Waals surface area contributed by atoms with Crippen LogP contribution < -0.4 is 0 Å². The fraction of sp³-hybridized carbons (Fsp3) is 0.273. The van der Waals surface area contributed by atoms with Crippen LogP contribution in [0.2, 0.25) is 0 Å². The van der Waals surface area contributed by atoms with E-state index in [0.29, 0.717) is 0 Å². The van der Waals surface area contributed by atoms with Gasteiger partial charge in [0.1, 0.15) is 11.5 Å². The third-order valence-electron chi connectivity index (χ3n) is 4.67. The Morgan fingerprint density at radius 3 is 2.78 bits per heavy atom. The van der Waals surface area contributed by atoms with Crippen molar-refractivity contribution in [3.8, 4) is 0 Å². The van der Waals surface area contributed by atoms with Gasteiger partial charge in [0.15, 0.2) is 0 Å². The van der Waals surface area contributed by atoms with Crippen LogP contribution in [0.1, 0.15) is 23.6 Å². The van der Waals surface area contributed by atoms with Crippen molar-refractivity contribution in [1.82, 2.24) is 19.4 Å². The van der Waals surface area contributed by atoms with Crippen molar-refractivity contribution >= 4 is 10.9 Å². The first-order chi connectivity index (χ1) is 13.3. The average Bonchev–Trinajstić information content (AvgIpc) is 3.33. The van der Waals surface area contributed by atoms with Gasteiger partial charge in [-0.25, -0.2) is 4.98 Å². The highest BCUT2D eigenvalue weighted by atomic mass is 16.3. The van der Waals surface area contributed by atoms with Gasteiger partial charge in [0.2, 0.25) is 0 Å². The van der Waals surface area contributed by atoms with Gasteiger partial charge >= 0.3 is 0 Å². The number of hydrogen-bond acceptors (Lipinski definition) is 4. The molecular formula is C22H24N4O. The molecule has 5 nitrogen and oxygen atoms in total. The smallest absolute Gasteiger partial charge is 0.118 e. The summed E-state index contributed by atoms with van der Waals surface area (Å²) < 4.78 is 7.91. The molecule has 0 unspecified atom stereocenters. The Hall–Kier alpha value is -2.92. The zero-order chi connectivity index (χ0) is 18.5. The van der Waals surface area contributed by atoms with E-state index >= 15 is 0 Å². The minimum Gasteiger partial charge on any atom is -0.465 e. The van der Waals surface area contributed by atoms with Crippen LogP contribution in [-0.4, -0.2) is 26.0 Å². The molecule has 4 rings (SSSR count). The van der Waals surface area contributed by atoms with Gasteiger partial charge in [-0.2, -0.15) is 0 Å². The van der Waals surface area contributed by atoms with E-state index in [1.54, 1.807) is 0 Å². The summed E-state index contributed by atoms with van der Waals surface area (Å²) in [6.07, 6.45) is 6.74.